The van der Waals surface area contributed by atoms with Crippen LogP contribution in [-0.4, -0.2) is 36.0 Å². The Morgan fingerprint density at radius 2 is 2.16 bits per heavy atom. The van der Waals surface area contributed by atoms with Crippen LogP contribution in [0, 0.1) is 5.92 Å². The van der Waals surface area contributed by atoms with Gasteiger partial charge in [-0.1, -0.05) is 0 Å². The van der Waals surface area contributed by atoms with Gasteiger partial charge in [-0.25, -0.2) is 4.68 Å². The van der Waals surface area contributed by atoms with Crippen LogP contribution in [0.15, 0.2) is 17.1 Å². The molecule has 0 spiro atoms. The van der Waals surface area contributed by atoms with Crippen LogP contribution in [0.5, 0.6) is 0 Å². The van der Waals surface area contributed by atoms with Crippen molar-refractivity contribution in [2.24, 2.45) is 5.92 Å². The molecule has 0 atom stereocenters. The van der Waals surface area contributed by atoms with E-state index in [4.69, 9.17) is 0 Å². The average Bonchev–Trinajstić information content (AvgIpc) is 3.22. The summed E-state index contributed by atoms with van der Waals surface area (Å²) < 4.78 is 1.53. The Kier molecular flexibility index (Phi) is 4.96. The van der Waals surface area contributed by atoms with Crippen molar-refractivity contribution < 1.29 is 0 Å². The predicted octanol–water partition coefficient (Wildman–Crippen LogP) is 1.09. The minimum Gasteiger partial charge on any atom is -0.371 e. The van der Waals surface area contributed by atoms with E-state index >= 15 is 0 Å². The van der Waals surface area contributed by atoms with Crippen molar-refractivity contribution >= 4 is 5.69 Å². The standard InChI is InChI=1S/C14H24N4O/c1-3-17(4-2)13-9-14(19)18(16-11-13)8-7-15-10-12-5-6-12/h9,11-12,15H,3-8,10H2,1-2H3. The first-order valence-corrected chi connectivity index (χ1v) is 7.27. The molecule has 1 N–H and O–H groups in total. The fourth-order valence-electron chi connectivity index (χ4n) is 2.17. The lowest BCUT2D eigenvalue weighted by atomic mass is 10.4. The molecular weight excluding hydrogens is 240 g/mol. The molecular formula is C14H24N4O. The highest BCUT2D eigenvalue weighted by molar-refractivity contribution is 5.42. The maximum absolute atomic E-state index is 12.0. The number of nitrogens with one attached hydrogen (secondary N) is 1. The van der Waals surface area contributed by atoms with Crippen LogP contribution in [0.2, 0.25) is 0 Å². The third-order valence-electron chi connectivity index (χ3n) is 3.61. The highest BCUT2D eigenvalue weighted by Crippen LogP contribution is 2.27. The second kappa shape index (κ2) is 6.70. The number of hydrogen-bond acceptors (Lipinski definition) is 4. The number of rotatable bonds is 8. The molecule has 1 aliphatic carbocycles. The molecule has 0 amide bonds. The lowest BCUT2D eigenvalue weighted by molar-refractivity contribution is 0.522. The summed E-state index contributed by atoms with van der Waals surface area (Å²) in [4.78, 5) is 14.1. The van der Waals surface area contributed by atoms with Gasteiger partial charge in [0.25, 0.3) is 5.56 Å². The number of anilines is 1. The molecule has 2 rings (SSSR count). The molecule has 5 heteroatoms. The molecule has 1 aliphatic rings. The Labute approximate surface area is 114 Å². The van der Waals surface area contributed by atoms with Crippen LogP contribution in [0.3, 0.4) is 0 Å². The molecule has 1 aromatic heterocycles. The normalized spacial score (nSPS) is 14.6. The highest BCUT2D eigenvalue weighted by Gasteiger charge is 2.19. The highest BCUT2D eigenvalue weighted by atomic mass is 16.1. The fraction of sp³-hybridized carbons (Fsp3) is 0.714. The fourth-order valence-corrected chi connectivity index (χ4v) is 2.17. The summed E-state index contributed by atoms with van der Waals surface area (Å²) in [5.41, 5.74) is 0.898. The quantitative estimate of drug-likeness (QED) is 0.714. The number of nitrogens with zero attached hydrogens (tertiary/aromatic N) is 3. The lowest BCUT2D eigenvalue weighted by Gasteiger charge is -2.20. The van der Waals surface area contributed by atoms with Crippen molar-refractivity contribution in [3.8, 4) is 0 Å². The van der Waals surface area contributed by atoms with E-state index in [1.165, 1.54) is 17.5 Å². The molecule has 0 bridgehead atoms. The monoisotopic (exact) mass is 264 g/mol. The van der Waals surface area contributed by atoms with Gasteiger partial charge in [-0.05, 0) is 39.2 Å². The Balaban J connectivity index is 1.88. The van der Waals surface area contributed by atoms with Crippen LogP contribution in [0.1, 0.15) is 26.7 Å². The third kappa shape index (κ3) is 4.06. The summed E-state index contributed by atoms with van der Waals surface area (Å²) in [6, 6.07) is 1.68. The van der Waals surface area contributed by atoms with Gasteiger partial charge in [0.1, 0.15) is 0 Å². The summed E-state index contributed by atoms with van der Waals surface area (Å²) in [5, 5.41) is 7.62. The largest absolute Gasteiger partial charge is 0.371 e. The van der Waals surface area contributed by atoms with Gasteiger partial charge in [-0.2, -0.15) is 5.10 Å². The van der Waals surface area contributed by atoms with E-state index in [1.807, 2.05) is 0 Å². The first-order valence-electron chi connectivity index (χ1n) is 7.27. The van der Waals surface area contributed by atoms with Gasteiger partial charge in [-0.3, -0.25) is 4.79 Å². The molecule has 106 valence electrons. The summed E-state index contributed by atoms with van der Waals surface area (Å²) in [5.74, 6) is 0.870. The lowest BCUT2D eigenvalue weighted by Crippen LogP contribution is -2.31. The minimum absolute atomic E-state index is 0.0161. The molecule has 0 radical (unpaired) electrons. The predicted molar refractivity (Wildman–Crippen MR) is 77.7 cm³/mol. The zero-order valence-electron chi connectivity index (χ0n) is 11.9. The first kappa shape index (κ1) is 14.1. The van der Waals surface area contributed by atoms with E-state index in [0.717, 1.165) is 37.8 Å². The van der Waals surface area contributed by atoms with Gasteiger partial charge >= 0.3 is 0 Å². The zero-order chi connectivity index (χ0) is 13.7. The van der Waals surface area contributed by atoms with Gasteiger partial charge in [-0.15, -0.1) is 0 Å². The summed E-state index contributed by atoms with van der Waals surface area (Å²) in [6.07, 6.45) is 4.49. The number of hydrogen-bond donors (Lipinski definition) is 1. The molecule has 19 heavy (non-hydrogen) atoms. The second-order valence-electron chi connectivity index (χ2n) is 5.09. The van der Waals surface area contributed by atoms with E-state index in [1.54, 1.807) is 12.3 Å². The molecule has 0 unspecified atom stereocenters. The topological polar surface area (TPSA) is 50.2 Å². The van der Waals surface area contributed by atoms with E-state index in [2.05, 4.69) is 29.2 Å². The molecule has 1 heterocycles. The summed E-state index contributed by atoms with van der Waals surface area (Å²) in [6.45, 7) is 8.48. The molecule has 0 aliphatic heterocycles. The van der Waals surface area contributed by atoms with Crippen LogP contribution in [0.4, 0.5) is 5.69 Å². The van der Waals surface area contributed by atoms with Gasteiger partial charge in [0.2, 0.25) is 0 Å². The molecule has 5 nitrogen and oxygen atoms in total. The maximum atomic E-state index is 12.0. The van der Waals surface area contributed by atoms with Gasteiger partial charge in [0, 0.05) is 25.7 Å². The molecule has 0 saturated heterocycles. The van der Waals surface area contributed by atoms with Crippen molar-refractivity contribution in [1.82, 2.24) is 15.1 Å². The average molecular weight is 264 g/mol. The Morgan fingerprint density at radius 1 is 1.42 bits per heavy atom. The summed E-state index contributed by atoms with van der Waals surface area (Å²) in [7, 11) is 0. The Morgan fingerprint density at radius 3 is 2.74 bits per heavy atom. The minimum atomic E-state index is -0.0161. The van der Waals surface area contributed by atoms with Crippen LogP contribution >= 0.6 is 0 Å². The van der Waals surface area contributed by atoms with E-state index in [9.17, 15) is 4.79 Å². The zero-order valence-corrected chi connectivity index (χ0v) is 11.9. The molecule has 1 aromatic rings. The van der Waals surface area contributed by atoms with Crippen molar-refractivity contribution in [2.75, 3.05) is 31.1 Å². The SMILES string of the molecule is CCN(CC)c1cnn(CCNCC2CC2)c(=O)c1. The van der Waals surface area contributed by atoms with Gasteiger partial charge in [0.05, 0.1) is 18.4 Å². The smallest absolute Gasteiger partial charge is 0.268 e. The molecule has 1 saturated carbocycles. The second-order valence-corrected chi connectivity index (χ2v) is 5.09. The van der Waals surface area contributed by atoms with Crippen LogP contribution in [0.25, 0.3) is 0 Å². The molecule has 0 aromatic carbocycles. The van der Waals surface area contributed by atoms with Crippen LogP contribution in [-0.2, 0) is 6.54 Å². The van der Waals surface area contributed by atoms with Gasteiger partial charge in [0.15, 0.2) is 0 Å². The van der Waals surface area contributed by atoms with Crippen LogP contribution < -0.4 is 15.8 Å². The Bertz CT molecular complexity index is 449. The van der Waals surface area contributed by atoms with E-state index in [0.29, 0.717) is 6.54 Å². The van der Waals surface area contributed by atoms with Crippen molar-refractivity contribution in [3.63, 3.8) is 0 Å². The maximum Gasteiger partial charge on any atom is 0.268 e. The Hall–Kier alpha value is -1.36. The van der Waals surface area contributed by atoms with Gasteiger partial charge < -0.3 is 10.2 Å². The summed E-state index contributed by atoms with van der Waals surface area (Å²) >= 11 is 0. The third-order valence-corrected chi connectivity index (χ3v) is 3.61. The van der Waals surface area contributed by atoms with Crippen molar-refractivity contribution in [1.29, 1.82) is 0 Å². The van der Waals surface area contributed by atoms with E-state index < -0.39 is 0 Å². The number of aromatic nitrogens is 2. The van der Waals surface area contributed by atoms with Crippen molar-refractivity contribution in [2.45, 2.75) is 33.2 Å². The molecule has 1 fully saturated rings. The van der Waals surface area contributed by atoms with E-state index in [-0.39, 0.29) is 5.56 Å². The van der Waals surface area contributed by atoms with Crippen molar-refractivity contribution in [3.05, 3.63) is 22.6 Å². The first-order chi connectivity index (χ1) is 9.24.